The van der Waals surface area contributed by atoms with E-state index in [0.717, 1.165) is 33.4 Å². The Morgan fingerprint density at radius 2 is 0.841 bits per heavy atom. The quantitative estimate of drug-likeness (QED) is 0.0362. The zero-order valence-electron chi connectivity index (χ0n) is 38.7. The van der Waals surface area contributed by atoms with E-state index in [-0.39, 0.29) is 71.3 Å². The SMILES string of the molecule is O=C(/C=C/[C@@H](COC(=O)CCC(=O)OCc1ccccc1)OCc1ccccc1)C[C@H]1O[C@H](COCc2ccccc2)[C@@H](OCc2ccccc2)[C@H](OCc2ccccc2)[C@H]1OCc1ccccc1. The van der Waals surface area contributed by atoms with Crippen LogP contribution in [-0.4, -0.2) is 67.6 Å². The van der Waals surface area contributed by atoms with Crippen LogP contribution >= 0.6 is 0 Å². The molecule has 0 aliphatic carbocycles. The molecule has 1 heterocycles. The van der Waals surface area contributed by atoms with E-state index in [0.29, 0.717) is 6.61 Å². The first-order chi connectivity index (χ1) is 33.9. The van der Waals surface area contributed by atoms with Gasteiger partial charge in [-0.1, -0.05) is 182 Å². The van der Waals surface area contributed by atoms with Crippen LogP contribution in [0, 0.1) is 0 Å². The number of ketones is 1. The normalized spacial score (nSPS) is 18.3. The summed E-state index contributed by atoms with van der Waals surface area (Å²) in [5, 5.41) is 0. The van der Waals surface area contributed by atoms with Crippen LogP contribution < -0.4 is 0 Å². The second-order valence-corrected chi connectivity index (χ2v) is 16.7. The molecule has 1 fully saturated rings. The number of rotatable bonds is 27. The average Bonchev–Trinajstić information content (AvgIpc) is 3.40. The number of hydrogen-bond donors (Lipinski definition) is 0. The molecule has 0 aromatic heterocycles. The minimum Gasteiger partial charge on any atom is -0.463 e. The Kier molecular flexibility index (Phi) is 20.5. The standard InChI is InChI=1S/C58H60O11/c59-50(31-32-51(63-37-45-21-9-2-10-22-45)42-65-55(61)34-33-54(60)64-38-46-23-11-3-12-24-46)35-52-56(66-39-47-25-13-4-14-26-47)58(68-41-49-29-17-6-18-30-49)57(67-40-48-27-15-5-16-28-48)53(69-52)43-62-36-44-19-7-1-8-20-44/h1-32,51-53,56-58H,33-43H2/b32-31+/t51-,52+,53+,56-,57+,58+/m0/s1. The maximum atomic E-state index is 14.2. The van der Waals surface area contributed by atoms with Gasteiger partial charge in [-0.25, -0.2) is 0 Å². The molecule has 6 aromatic carbocycles. The van der Waals surface area contributed by atoms with Crippen molar-refractivity contribution in [2.24, 2.45) is 0 Å². The van der Waals surface area contributed by atoms with Crippen molar-refractivity contribution in [3.05, 3.63) is 228 Å². The molecule has 1 saturated heterocycles. The van der Waals surface area contributed by atoms with Crippen molar-refractivity contribution in [2.75, 3.05) is 13.2 Å². The lowest BCUT2D eigenvalue weighted by Gasteiger charge is -2.46. The maximum Gasteiger partial charge on any atom is 0.306 e. The Morgan fingerprint density at radius 1 is 0.449 bits per heavy atom. The first kappa shape index (κ1) is 50.3. The van der Waals surface area contributed by atoms with E-state index in [1.807, 2.05) is 182 Å². The van der Waals surface area contributed by atoms with Gasteiger partial charge in [0.05, 0.1) is 58.6 Å². The number of carbonyl (C=O) groups excluding carboxylic acids is 3. The van der Waals surface area contributed by atoms with Crippen LogP contribution in [0.1, 0.15) is 52.6 Å². The van der Waals surface area contributed by atoms with Gasteiger partial charge in [0.1, 0.15) is 43.7 Å². The van der Waals surface area contributed by atoms with Crippen molar-refractivity contribution in [1.29, 1.82) is 0 Å². The molecule has 0 unspecified atom stereocenters. The second kappa shape index (κ2) is 28.0. The van der Waals surface area contributed by atoms with Crippen molar-refractivity contribution in [1.82, 2.24) is 0 Å². The molecule has 0 saturated carbocycles. The third-order valence-corrected chi connectivity index (χ3v) is 11.4. The molecule has 0 bridgehead atoms. The number of esters is 2. The van der Waals surface area contributed by atoms with Crippen molar-refractivity contribution in [2.45, 2.75) is 95.5 Å². The van der Waals surface area contributed by atoms with E-state index in [1.54, 1.807) is 6.08 Å². The summed E-state index contributed by atoms with van der Waals surface area (Å²) in [5.74, 6) is -1.38. The molecule has 0 amide bonds. The minimum absolute atomic E-state index is 0.0853. The van der Waals surface area contributed by atoms with E-state index in [1.165, 1.54) is 6.08 Å². The van der Waals surface area contributed by atoms with Crippen LogP contribution in [0.3, 0.4) is 0 Å². The third-order valence-electron chi connectivity index (χ3n) is 11.4. The lowest BCUT2D eigenvalue weighted by atomic mass is 9.91. The first-order valence-electron chi connectivity index (χ1n) is 23.4. The van der Waals surface area contributed by atoms with Crippen LogP contribution in [0.15, 0.2) is 194 Å². The maximum absolute atomic E-state index is 14.2. The fourth-order valence-corrected chi connectivity index (χ4v) is 7.73. The topological polar surface area (TPSA) is 125 Å². The molecular formula is C58H60O11. The van der Waals surface area contributed by atoms with Crippen LogP contribution in [0.25, 0.3) is 0 Å². The van der Waals surface area contributed by atoms with Crippen LogP contribution in [0.5, 0.6) is 0 Å². The van der Waals surface area contributed by atoms with Gasteiger partial charge in [-0.3, -0.25) is 14.4 Å². The van der Waals surface area contributed by atoms with E-state index < -0.39 is 48.6 Å². The number of allylic oxidation sites excluding steroid dienone is 1. The molecule has 6 atom stereocenters. The zero-order valence-corrected chi connectivity index (χ0v) is 38.7. The molecule has 358 valence electrons. The predicted octanol–water partition coefficient (Wildman–Crippen LogP) is 9.89. The summed E-state index contributed by atoms with van der Waals surface area (Å²) < 4.78 is 50.8. The molecule has 0 spiro atoms. The van der Waals surface area contributed by atoms with Gasteiger partial charge in [-0.05, 0) is 45.5 Å². The molecule has 6 aromatic rings. The molecule has 11 heteroatoms. The third kappa shape index (κ3) is 17.5. The Labute approximate surface area is 404 Å². The Bertz CT molecular complexity index is 2420. The zero-order chi connectivity index (χ0) is 47.7. The highest BCUT2D eigenvalue weighted by Crippen LogP contribution is 2.33. The van der Waals surface area contributed by atoms with Crippen LogP contribution in [0.2, 0.25) is 0 Å². The fourth-order valence-electron chi connectivity index (χ4n) is 7.73. The highest BCUT2D eigenvalue weighted by molar-refractivity contribution is 5.90. The highest BCUT2D eigenvalue weighted by atomic mass is 16.6. The molecular weight excluding hydrogens is 873 g/mol. The molecule has 0 radical (unpaired) electrons. The molecule has 11 nitrogen and oxygen atoms in total. The lowest BCUT2D eigenvalue weighted by Crippen LogP contribution is -2.61. The summed E-state index contributed by atoms with van der Waals surface area (Å²) in [6.45, 7) is 1.38. The largest absolute Gasteiger partial charge is 0.463 e. The smallest absolute Gasteiger partial charge is 0.306 e. The van der Waals surface area contributed by atoms with Crippen LogP contribution in [-0.2, 0) is 91.9 Å². The Morgan fingerprint density at radius 3 is 1.32 bits per heavy atom. The molecule has 0 N–H and O–H groups in total. The summed E-state index contributed by atoms with van der Waals surface area (Å²) in [4.78, 5) is 39.5. The molecule has 1 aliphatic heterocycles. The van der Waals surface area contributed by atoms with Gasteiger partial charge in [-0.15, -0.1) is 0 Å². The summed E-state index contributed by atoms with van der Waals surface area (Å²) in [6, 6.07) is 58.3. The summed E-state index contributed by atoms with van der Waals surface area (Å²) >= 11 is 0. The minimum atomic E-state index is -0.795. The lowest BCUT2D eigenvalue weighted by molar-refractivity contribution is -0.272. The van der Waals surface area contributed by atoms with E-state index >= 15 is 0 Å². The van der Waals surface area contributed by atoms with Crippen molar-refractivity contribution >= 4 is 17.7 Å². The Hall–Kier alpha value is -6.57. The molecule has 69 heavy (non-hydrogen) atoms. The van der Waals surface area contributed by atoms with E-state index in [9.17, 15) is 14.4 Å². The van der Waals surface area contributed by atoms with Crippen molar-refractivity contribution in [3.8, 4) is 0 Å². The fraction of sp³-hybridized carbons (Fsp3) is 0.293. The predicted molar refractivity (Wildman–Crippen MR) is 260 cm³/mol. The molecule has 1 aliphatic rings. The average molecular weight is 933 g/mol. The van der Waals surface area contributed by atoms with E-state index in [4.69, 9.17) is 37.9 Å². The van der Waals surface area contributed by atoms with Gasteiger partial charge in [0, 0.05) is 6.42 Å². The van der Waals surface area contributed by atoms with Gasteiger partial charge < -0.3 is 37.9 Å². The molecule has 7 rings (SSSR count). The first-order valence-corrected chi connectivity index (χ1v) is 23.4. The summed E-state index contributed by atoms with van der Waals surface area (Å²) in [5.41, 5.74) is 5.63. The van der Waals surface area contributed by atoms with Gasteiger partial charge >= 0.3 is 11.9 Å². The summed E-state index contributed by atoms with van der Waals surface area (Å²) in [6.07, 6.45) is -1.75. The van der Waals surface area contributed by atoms with Crippen molar-refractivity contribution < 1.29 is 52.3 Å². The number of benzene rings is 6. The second-order valence-electron chi connectivity index (χ2n) is 16.7. The van der Waals surface area contributed by atoms with Gasteiger partial charge in [0.2, 0.25) is 0 Å². The van der Waals surface area contributed by atoms with Crippen molar-refractivity contribution in [3.63, 3.8) is 0 Å². The number of carbonyl (C=O) groups is 3. The Balaban J connectivity index is 1.09. The number of hydrogen-bond acceptors (Lipinski definition) is 11. The highest BCUT2D eigenvalue weighted by Gasteiger charge is 2.48. The van der Waals surface area contributed by atoms with Gasteiger partial charge in [-0.2, -0.15) is 0 Å². The monoisotopic (exact) mass is 932 g/mol. The van der Waals surface area contributed by atoms with E-state index in [2.05, 4.69) is 0 Å². The summed E-state index contributed by atoms with van der Waals surface area (Å²) in [7, 11) is 0. The number of ether oxygens (including phenoxy) is 8. The van der Waals surface area contributed by atoms with Crippen LogP contribution in [0.4, 0.5) is 0 Å². The van der Waals surface area contributed by atoms with Gasteiger partial charge in [0.15, 0.2) is 5.78 Å². The van der Waals surface area contributed by atoms with Gasteiger partial charge in [0.25, 0.3) is 0 Å².